The fourth-order valence-corrected chi connectivity index (χ4v) is 5.24. The van der Waals surface area contributed by atoms with Crippen molar-refractivity contribution in [3.05, 3.63) is 0 Å². The van der Waals surface area contributed by atoms with Crippen LogP contribution in [0.1, 0.15) is 195 Å². The molecule has 0 aliphatic heterocycles. The van der Waals surface area contributed by atoms with Crippen molar-refractivity contribution in [1.29, 1.82) is 0 Å². The third-order valence-electron chi connectivity index (χ3n) is 7.74. The van der Waals surface area contributed by atoms with Gasteiger partial charge in [0.1, 0.15) is 0 Å². The van der Waals surface area contributed by atoms with E-state index in [0.29, 0.717) is 0 Å². The van der Waals surface area contributed by atoms with Gasteiger partial charge in [-0.2, -0.15) is 0 Å². The van der Waals surface area contributed by atoms with Gasteiger partial charge < -0.3 is 0 Å². The number of rotatable bonds is 27. The van der Waals surface area contributed by atoms with Gasteiger partial charge in [0.2, 0.25) is 0 Å². The molecule has 0 spiro atoms. The summed E-state index contributed by atoms with van der Waals surface area (Å²) in [4.78, 5) is 0. The predicted molar refractivity (Wildman–Crippen MR) is 150 cm³/mol. The number of unbranched alkanes of at least 4 members (excludes halogenated alkanes) is 19. The average Bonchev–Trinajstić information content (AvgIpc) is 2.78. The van der Waals surface area contributed by atoms with Crippen molar-refractivity contribution >= 4 is 0 Å². The van der Waals surface area contributed by atoms with Gasteiger partial charge in [-0.3, -0.25) is 0 Å². The van der Waals surface area contributed by atoms with Gasteiger partial charge in [-0.1, -0.05) is 195 Å². The van der Waals surface area contributed by atoms with Crippen LogP contribution < -0.4 is 0 Å². The molecule has 0 aromatic rings. The largest absolute Gasteiger partial charge is 0.0654 e. The van der Waals surface area contributed by atoms with E-state index >= 15 is 0 Å². The second kappa shape index (κ2) is 27.2. The molecule has 0 aliphatic rings. The highest BCUT2D eigenvalue weighted by atomic mass is 14.1. The van der Waals surface area contributed by atoms with E-state index in [1.165, 1.54) is 167 Å². The lowest BCUT2D eigenvalue weighted by Gasteiger charge is -2.14. The van der Waals surface area contributed by atoms with E-state index in [0.717, 1.165) is 11.8 Å². The maximum atomic E-state index is 2.50. The van der Waals surface area contributed by atoms with Crippen molar-refractivity contribution in [2.45, 2.75) is 195 Å². The van der Waals surface area contributed by atoms with E-state index in [2.05, 4.69) is 27.7 Å². The molecule has 2 atom stereocenters. The Labute approximate surface area is 206 Å². The van der Waals surface area contributed by atoms with Crippen LogP contribution in [0.25, 0.3) is 0 Å². The summed E-state index contributed by atoms with van der Waals surface area (Å²) in [7, 11) is 0. The van der Waals surface area contributed by atoms with Crippen molar-refractivity contribution < 1.29 is 0 Å². The molecule has 0 N–H and O–H groups in total. The third-order valence-corrected chi connectivity index (χ3v) is 7.74. The van der Waals surface area contributed by atoms with Crippen LogP contribution in [0, 0.1) is 11.8 Å². The SMILES string of the molecule is CCCCCCCCCCCCCCCCCCC(C)CCCC(C)CCCCCCC. The van der Waals surface area contributed by atoms with Gasteiger partial charge in [-0.15, -0.1) is 0 Å². The second-order valence-electron chi connectivity index (χ2n) is 11.4. The Kier molecular flexibility index (Phi) is 27.2. The molecule has 0 nitrogen and oxygen atoms in total. The van der Waals surface area contributed by atoms with E-state index in [9.17, 15) is 0 Å². The summed E-state index contributed by atoms with van der Waals surface area (Å²) >= 11 is 0. The van der Waals surface area contributed by atoms with Gasteiger partial charge in [-0.05, 0) is 11.8 Å². The van der Waals surface area contributed by atoms with Crippen LogP contribution in [0.4, 0.5) is 0 Å². The van der Waals surface area contributed by atoms with Crippen molar-refractivity contribution in [1.82, 2.24) is 0 Å². The summed E-state index contributed by atoms with van der Waals surface area (Å²) < 4.78 is 0. The maximum Gasteiger partial charge on any atom is -0.0443 e. The first kappa shape index (κ1) is 32.0. The van der Waals surface area contributed by atoms with Crippen molar-refractivity contribution in [3.63, 3.8) is 0 Å². The Morgan fingerprint density at radius 1 is 0.281 bits per heavy atom. The first-order valence-electron chi connectivity index (χ1n) is 15.7. The van der Waals surface area contributed by atoms with Gasteiger partial charge in [0.05, 0.1) is 0 Å². The van der Waals surface area contributed by atoms with Crippen LogP contribution in [0.3, 0.4) is 0 Å². The fourth-order valence-electron chi connectivity index (χ4n) is 5.24. The zero-order valence-corrected chi connectivity index (χ0v) is 23.5. The minimum absolute atomic E-state index is 0.957. The molecule has 0 amide bonds. The van der Waals surface area contributed by atoms with Gasteiger partial charge >= 0.3 is 0 Å². The van der Waals surface area contributed by atoms with E-state index in [1.54, 1.807) is 0 Å². The quantitative estimate of drug-likeness (QED) is 0.109. The standard InChI is InChI=1S/C32H66/c1-5-7-9-11-12-13-14-15-16-17-18-19-20-21-23-25-28-32(4)30-26-29-31(3)27-24-22-10-8-6-2/h31-32H,5-30H2,1-4H3. The molecule has 0 aromatic carbocycles. The molecular formula is C32H66. The lowest BCUT2D eigenvalue weighted by atomic mass is 9.92. The Hall–Kier alpha value is 0. The van der Waals surface area contributed by atoms with Crippen molar-refractivity contribution in [2.24, 2.45) is 11.8 Å². The van der Waals surface area contributed by atoms with Crippen LogP contribution in [0.2, 0.25) is 0 Å². The maximum absolute atomic E-state index is 2.50. The average molecular weight is 451 g/mol. The summed E-state index contributed by atoms with van der Waals surface area (Å²) in [5.41, 5.74) is 0. The zero-order chi connectivity index (χ0) is 23.5. The smallest absolute Gasteiger partial charge is 0.0443 e. The molecule has 32 heavy (non-hydrogen) atoms. The van der Waals surface area contributed by atoms with Crippen molar-refractivity contribution in [2.75, 3.05) is 0 Å². The molecule has 0 radical (unpaired) electrons. The fraction of sp³-hybridized carbons (Fsp3) is 1.00. The Morgan fingerprint density at radius 2 is 0.500 bits per heavy atom. The summed E-state index contributed by atoms with van der Waals surface area (Å²) in [6.07, 6.45) is 38.1. The summed E-state index contributed by atoms with van der Waals surface area (Å²) in [5, 5.41) is 0. The topological polar surface area (TPSA) is 0 Å². The molecule has 0 aliphatic carbocycles. The second-order valence-corrected chi connectivity index (χ2v) is 11.4. The third kappa shape index (κ3) is 26.3. The molecule has 194 valence electrons. The molecule has 0 saturated carbocycles. The highest BCUT2D eigenvalue weighted by Gasteiger charge is 2.06. The molecule has 0 heteroatoms. The first-order valence-corrected chi connectivity index (χ1v) is 15.7. The lowest BCUT2D eigenvalue weighted by Crippen LogP contribution is -1.99. The molecular weight excluding hydrogens is 384 g/mol. The monoisotopic (exact) mass is 451 g/mol. The van der Waals surface area contributed by atoms with Gasteiger partial charge in [0.15, 0.2) is 0 Å². The molecule has 2 unspecified atom stereocenters. The number of hydrogen-bond acceptors (Lipinski definition) is 0. The predicted octanol–water partition coefficient (Wildman–Crippen LogP) is 12.4. The van der Waals surface area contributed by atoms with Crippen molar-refractivity contribution in [3.8, 4) is 0 Å². The van der Waals surface area contributed by atoms with Gasteiger partial charge in [-0.25, -0.2) is 0 Å². The van der Waals surface area contributed by atoms with Crippen LogP contribution in [0.15, 0.2) is 0 Å². The molecule has 0 saturated heterocycles. The summed E-state index contributed by atoms with van der Waals surface area (Å²) in [6.45, 7) is 9.60. The van der Waals surface area contributed by atoms with Gasteiger partial charge in [0.25, 0.3) is 0 Å². The molecule has 0 rings (SSSR count). The highest BCUT2D eigenvalue weighted by Crippen LogP contribution is 2.22. The van der Waals surface area contributed by atoms with Crippen LogP contribution in [-0.2, 0) is 0 Å². The van der Waals surface area contributed by atoms with E-state index in [4.69, 9.17) is 0 Å². The van der Waals surface area contributed by atoms with Crippen LogP contribution >= 0.6 is 0 Å². The highest BCUT2D eigenvalue weighted by molar-refractivity contribution is 4.59. The molecule has 0 heterocycles. The first-order chi connectivity index (χ1) is 15.7. The Balaban J connectivity index is 3.22. The molecule has 0 aromatic heterocycles. The molecule has 0 fully saturated rings. The summed E-state index contributed by atoms with van der Waals surface area (Å²) in [6, 6.07) is 0. The van der Waals surface area contributed by atoms with E-state index in [-0.39, 0.29) is 0 Å². The lowest BCUT2D eigenvalue weighted by molar-refractivity contribution is 0.391. The Morgan fingerprint density at radius 3 is 0.781 bits per heavy atom. The van der Waals surface area contributed by atoms with Crippen LogP contribution in [0.5, 0.6) is 0 Å². The van der Waals surface area contributed by atoms with Crippen LogP contribution in [-0.4, -0.2) is 0 Å². The zero-order valence-electron chi connectivity index (χ0n) is 23.5. The Bertz CT molecular complexity index is 320. The summed E-state index contributed by atoms with van der Waals surface area (Å²) in [5.74, 6) is 1.91. The molecule has 0 bridgehead atoms. The van der Waals surface area contributed by atoms with Gasteiger partial charge in [0, 0.05) is 0 Å². The van der Waals surface area contributed by atoms with E-state index in [1.807, 2.05) is 0 Å². The minimum Gasteiger partial charge on any atom is -0.0654 e. The van der Waals surface area contributed by atoms with E-state index < -0.39 is 0 Å². The number of hydrogen-bond donors (Lipinski definition) is 0. The normalized spacial score (nSPS) is 13.5. The minimum atomic E-state index is 0.957.